The van der Waals surface area contributed by atoms with Crippen molar-refractivity contribution in [3.63, 3.8) is 0 Å². The lowest BCUT2D eigenvalue weighted by Gasteiger charge is -2.20. The third kappa shape index (κ3) is 4.59. The highest BCUT2D eigenvalue weighted by Gasteiger charge is 2.29. The molecule has 2 aromatic heterocycles. The molecule has 1 aromatic carbocycles. The summed E-state index contributed by atoms with van der Waals surface area (Å²) in [5.74, 6) is -0.571. The number of nitrogens with two attached hydrogens (primary N) is 1. The zero-order chi connectivity index (χ0) is 22.8. The topological polar surface area (TPSA) is 107 Å². The first-order valence-electron chi connectivity index (χ1n) is 10.7. The number of rotatable bonds is 7. The summed E-state index contributed by atoms with van der Waals surface area (Å²) in [6, 6.07) is 9.09. The van der Waals surface area contributed by atoms with Gasteiger partial charge < -0.3 is 5.73 Å². The number of primary amides is 1. The van der Waals surface area contributed by atoms with E-state index in [4.69, 9.17) is 10.7 Å². The van der Waals surface area contributed by atoms with Crippen molar-refractivity contribution in [3.8, 4) is 0 Å². The van der Waals surface area contributed by atoms with Crippen LogP contribution in [0.4, 0.5) is 4.79 Å². The zero-order valence-electron chi connectivity index (χ0n) is 18.1. The van der Waals surface area contributed by atoms with Gasteiger partial charge >= 0.3 is 6.03 Å². The Bertz CT molecular complexity index is 1220. The largest absolute Gasteiger partial charge is 0.351 e. The number of urea groups is 1. The molecule has 9 heteroatoms. The van der Waals surface area contributed by atoms with Gasteiger partial charge in [-0.3, -0.25) is 19.5 Å². The summed E-state index contributed by atoms with van der Waals surface area (Å²) in [4.78, 5) is 44.3. The Balaban J connectivity index is 1.76. The van der Waals surface area contributed by atoms with Crippen molar-refractivity contribution >= 4 is 45.3 Å². The third-order valence-electron chi connectivity index (χ3n) is 5.60. The minimum absolute atomic E-state index is 0.0503. The number of hydrogen-bond acceptors (Lipinski definition) is 6. The molecule has 0 spiro atoms. The maximum Gasteiger partial charge on any atom is 0.318 e. The van der Waals surface area contributed by atoms with Crippen LogP contribution in [0.15, 0.2) is 40.3 Å². The molecule has 32 heavy (non-hydrogen) atoms. The van der Waals surface area contributed by atoms with Crippen LogP contribution in [-0.4, -0.2) is 26.7 Å². The first-order chi connectivity index (χ1) is 15.3. The Morgan fingerprint density at radius 3 is 2.69 bits per heavy atom. The van der Waals surface area contributed by atoms with E-state index in [2.05, 4.69) is 5.32 Å². The number of benzene rings is 1. The van der Waals surface area contributed by atoms with Crippen molar-refractivity contribution in [1.82, 2.24) is 14.9 Å². The monoisotopic (exact) mass is 470 g/mol. The Hall–Kier alpha value is -2.65. The van der Waals surface area contributed by atoms with Crippen LogP contribution in [0, 0.1) is 5.92 Å². The molecule has 2 heterocycles. The van der Waals surface area contributed by atoms with Gasteiger partial charge in [-0.25, -0.2) is 9.78 Å². The second-order valence-corrected chi connectivity index (χ2v) is 10.5. The van der Waals surface area contributed by atoms with Crippen LogP contribution in [0.1, 0.15) is 36.3 Å². The Morgan fingerprint density at radius 1 is 1.25 bits per heavy atom. The molecule has 0 saturated heterocycles. The van der Waals surface area contributed by atoms with E-state index in [1.807, 2.05) is 44.2 Å². The molecule has 1 atom stereocenters. The van der Waals surface area contributed by atoms with Gasteiger partial charge in [0.25, 0.3) is 5.56 Å². The van der Waals surface area contributed by atoms with E-state index in [-0.39, 0.29) is 11.5 Å². The molecule has 1 unspecified atom stereocenters. The predicted octanol–water partition coefficient (Wildman–Crippen LogP) is 3.50. The van der Waals surface area contributed by atoms with Crippen LogP contribution in [0.2, 0.25) is 0 Å². The molecule has 3 N–H and O–H groups in total. The quantitative estimate of drug-likeness (QED) is 0.406. The van der Waals surface area contributed by atoms with Gasteiger partial charge in [0.2, 0.25) is 5.91 Å². The highest BCUT2D eigenvalue weighted by molar-refractivity contribution is 8.00. The molecule has 7 nitrogen and oxygen atoms in total. The van der Waals surface area contributed by atoms with Crippen LogP contribution in [-0.2, 0) is 30.6 Å². The van der Waals surface area contributed by atoms with Gasteiger partial charge in [-0.2, -0.15) is 0 Å². The van der Waals surface area contributed by atoms with Crippen molar-refractivity contribution in [2.45, 2.75) is 56.5 Å². The molecule has 0 fully saturated rings. The van der Waals surface area contributed by atoms with E-state index in [0.29, 0.717) is 18.1 Å². The predicted molar refractivity (Wildman–Crippen MR) is 128 cm³/mol. The summed E-state index contributed by atoms with van der Waals surface area (Å²) < 4.78 is 1.69. The van der Waals surface area contributed by atoms with Crippen LogP contribution in [0.25, 0.3) is 10.2 Å². The molecule has 0 aliphatic heterocycles. The van der Waals surface area contributed by atoms with Crippen molar-refractivity contribution in [2.75, 3.05) is 0 Å². The molecule has 0 bridgehead atoms. The molecular weight excluding hydrogens is 444 g/mol. The standard InChI is InChI=1S/C23H26N4O3S2/c1-13(2)18(19(28)25-22(24)30)32-23-26-20-17(15-9-6-10-16(15)31-20)21(29)27(23)12-11-14-7-4-3-5-8-14/h3-5,7-8,13,18H,6,9-12H2,1-2H3,(H3,24,25,28,30). The first kappa shape index (κ1) is 22.5. The van der Waals surface area contributed by atoms with E-state index < -0.39 is 17.2 Å². The fraction of sp³-hybridized carbons (Fsp3) is 0.391. The van der Waals surface area contributed by atoms with Crippen molar-refractivity contribution < 1.29 is 9.59 Å². The van der Waals surface area contributed by atoms with Crippen molar-refractivity contribution in [2.24, 2.45) is 11.7 Å². The number of nitrogens with one attached hydrogen (secondary N) is 1. The Morgan fingerprint density at radius 2 is 2.00 bits per heavy atom. The maximum atomic E-state index is 13.6. The molecule has 4 rings (SSSR count). The molecule has 1 aliphatic rings. The number of thioether (sulfide) groups is 1. The maximum absolute atomic E-state index is 13.6. The van der Waals surface area contributed by atoms with E-state index in [1.54, 1.807) is 15.9 Å². The Kier molecular flexibility index (Phi) is 6.66. The summed E-state index contributed by atoms with van der Waals surface area (Å²) in [7, 11) is 0. The normalized spacial score (nSPS) is 14.0. The van der Waals surface area contributed by atoms with Gasteiger partial charge in [0, 0.05) is 11.4 Å². The Labute approximate surface area is 194 Å². The highest BCUT2D eigenvalue weighted by Crippen LogP contribution is 2.36. The minimum atomic E-state index is -0.888. The number of nitrogens with zero attached hydrogens (tertiary/aromatic N) is 2. The smallest absolute Gasteiger partial charge is 0.318 e. The van der Waals surface area contributed by atoms with Crippen molar-refractivity contribution in [3.05, 3.63) is 56.7 Å². The fourth-order valence-electron chi connectivity index (χ4n) is 4.03. The van der Waals surface area contributed by atoms with Gasteiger partial charge in [0.05, 0.1) is 10.6 Å². The number of thiophene rings is 1. The fourth-order valence-corrected chi connectivity index (χ4v) is 6.45. The molecule has 3 amide bonds. The second kappa shape index (κ2) is 9.46. The van der Waals surface area contributed by atoms with Crippen LogP contribution < -0.4 is 16.6 Å². The molecule has 0 radical (unpaired) electrons. The lowest BCUT2D eigenvalue weighted by molar-refractivity contribution is -0.120. The second-order valence-electron chi connectivity index (χ2n) is 8.26. The number of fused-ring (bicyclic) bond motifs is 3. The number of amides is 3. The minimum Gasteiger partial charge on any atom is -0.351 e. The highest BCUT2D eigenvalue weighted by atomic mass is 32.2. The average Bonchev–Trinajstić information content (AvgIpc) is 3.32. The van der Waals surface area contributed by atoms with Gasteiger partial charge in [-0.05, 0) is 42.7 Å². The van der Waals surface area contributed by atoms with Gasteiger partial charge in [-0.15, -0.1) is 11.3 Å². The van der Waals surface area contributed by atoms with E-state index in [9.17, 15) is 14.4 Å². The van der Waals surface area contributed by atoms with Crippen LogP contribution >= 0.6 is 23.1 Å². The molecule has 0 saturated carbocycles. The van der Waals surface area contributed by atoms with E-state index >= 15 is 0 Å². The average molecular weight is 471 g/mol. The van der Waals surface area contributed by atoms with Crippen LogP contribution in [0.3, 0.4) is 0 Å². The van der Waals surface area contributed by atoms with Gasteiger partial charge in [0.1, 0.15) is 4.83 Å². The van der Waals surface area contributed by atoms with E-state index in [1.165, 1.54) is 16.6 Å². The molecule has 1 aliphatic carbocycles. The lowest BCUT2D eigenvalue weighted by Crippen LogP contribution is -2.42. The summed E-state index contributed by atoms with van der Waals surface area (Å²) >= 11 is 2.80. The van der Waals surface area contributed by atoms with Crippen LogP contribution in [0.5, 0.6) is 0 Å². The van der Waals surface area contributed by atoms with E-state index in [0.717, 1.165) is 40.6 Å². The summed E-state index contributed by atoms with van der Waals surface area (Å²) in [5.41, 5.74) is 7.37. The first-order valence-corrected chi connectivity index (χ1v) is 12.4. The molecule has 3 aromatic rings. The summed E-state index contributed by atoms with van der Waals surface area (Å²) in [5, 5.41) is 2.78. The summed E-state index contributed by atoms with van der Waals surface area (Å²) in [6.45, 7) is 4.24. The number of aromatic nitrogens is 2. The van der Waals surface area contributed by atoms with Gasteiger partial charge in [0.15, 0.2) is 5.16 Å². The number of aryl methyl sites for hydroxylation is 3. The SMILES string of the molecule is CC(C)C(Sc1nc2sc3c(c2c(=O)n1CCc1ccccc1)CCC3)C(=O)NC(N)=O. The lowest BCUT2D eigenvalue weighted by atomic mass is 10.1. The third-order valence-corrected chi connectivity index (χ3v) is 8.32. The number of carbonyl (C=O) groups excluding carboxylic acids is 2. The number of hydrogen-bond donors (Lipinski definition) is 2. The summed E-state index contributed by atoms with van der Waals surface area (Å²) in [6.07, 6.45) is 3.64. The van der Waals surface area contributed by atoms with Gasteiger partial charge in [-0.1, -0.05) is 55.9 Å². The zero-order valence-corrected chi connectivity index (χ0v) is 19.7. The van der Waals surface area contributed by atoms with Crippen molar-refractivity contribution in [1.29, 1.82) is 0 Å². The molecular formula is C23H26N4O3S2. The number of carbonyl (C=O) groups is 2. The number of imide groups is 1. The molecule has 168 valence electrons.